The Kier molecular flexibility index (Phi) is 5.37. The van der Waals surface area contributed by atoms with Gasteiger partial charge < -0.3 is 9.84 Å². The highest BCUT2D eigenvalue weighted by atomic mass is 16.5. The number of nitrogens with zero attached hydrogens (tertiary/aromatic N) is 1. The average Bonchev–Trinajstić information content (AvgIpc) is 2.94. The van der Waals surface area contributed by atoms with Gasteiger partial charge in [-0.3, -0.25) is 9.69 Å². The zero-order valence-electron chi connectivity index (χ0n) is 16.6. The summed E-state index contributed by atoms with van der Waals surface area (Å²) < 4.78 is 4.90. The van der Waals surface area contributed by atoms with Crippen molar-refractivity contribution >= 4 is 29.6 Å². The number of benzene rings is 2. The molecule has 29 heavy (non-hydrogen) atoms. The topological polar surface area (TPSA) is 83.9 Å². The van der Waals surface area contributed by atoms with E-state index in [1.54, 1.807) is 25.1 Å². The van der Waals surface area contributed by atoms with Crippen molar-refractivity contribution in [3.05, 3.63) is 81.6 Å². The summed E-state index contributed by atoms with van der Waals surface area (Å²) in [6.07, 6.45) is 1.57. The molecule has 3 rings (SSSR count). The normalized spacial score (nSPS) is 15.2. The number of esters is 1. The number of aryl methyl sites for hydroxylation is 2. The SMILES string of the molecule is COC(=O)C1=C(C)N(c2ccc(C)c(C)c2)C(=O)/C1=C\c1ccc(C(=O)O)cc1. The molecule has 0 saturated carbocycles. The summed E-state index contributed by atoms with van der Waals surface area (Å²) >= 11 is 0. The van der Waals surface area contributed by atoms with Gasteiger partial charge in [0.05, 0.1) is 23.8 Å². The van der Waals surface area contributed by atoms with Crippen LogP contribution in [0.1, 0.15) is 34.0 Å². The molecule has 0 unspecified atom stereocenters. The fourth-order valence-electron chi connectivity index (χ4n) is 3.24. The molecule has 0 spiro atoms. The molecule has 2 aromatic carbocycles. The Morgan fingerprint density at radius 1 is 1.00 bits per heavy atom. The molecule has 0 bridgehead atoms. The summed E-state index contributed by atoms with van der Waals surface area (Å²) in [4.78, 5) is 38.2. The molecule has 0 radical (unpaired) electrons. The Morgan fingerprint density at radius 3 is 2.21 bits per heavy atom. The van der Waals surface area contributed by atoms with Crippen LogP contribution in [0.2, 0.25) is 0 Å². The van der Waals surface area contributed by atoms with E-state index in [9.17, 15) is 14.4 Å². The third-order valence-corrected chi connectivity index (χ3v) is 5.01. The van der Waals surface area contributed by atoms with E-state index in [0.717, 1.165) is 11.1 Å². The number of hydrogen-bond acceptors (Lipinski definition) is 4. The maximum absolute atomic E-state index is 13.2. The van der Waals surface area contributed by atoms with E-state index in [0.29, 0.717) is 16.9 Å². The molecule has 1 aliphatic rings. The van der Waals surface area contributed by atoms with Crippen LogP contribution in [0.3, 0.4) is 0 Å². The van der Waals surface area contributed by atoms with E-state index >= 15 is 0 Å². The number of aromatic carboxylic acids is 1. The molecule has 1 heterocycles. The molecule has 1 N–H and O–H groups in total. The number of ether oxygens (including phenoxy) is 1. The largest absolute Gasteiger partial charge is 0.478 e. The van der Waals surface area contributed by atoms with E-state index in [2.05, 4.69) is 0 Å². The van der Waals surface area contributed by atoms with E-state index in [1.807, 2.05) is 32.0 Å². The maximum Gasteiger partial charge on any atom is 0.340 e. The van der Waals surface area contributed by atoms with Gasteiger partial charge in [-0.1, -0.05) is 18.2 Å². The van der Waals surface area contributed by atoms with Crippen LogP contribution in [0, 0.1) is 13.8 Å². The molecule has 0 aromatic heterocycles. The molecule has 1 amide bonds. The van der Waals surface area contributed by atoms with Gasteiger partial charge in [0.25, 0.3) is 5.91 Å². The smallest absolute Gasteiger partial charge is 0.340 e. The lowest BCUT2D eigenvalue weighted by Crippen LogP contribution is -2.24. The lowest BCUT2D eigenvalue weighted by atomic mass is 10.0. The first-order chi connectivity index (χ1) is 13.7. The number of rotatable bonds is 4. The standard InChI is InChI=1S/C23H21NO5/c1-13-5-10-18(11-14(13)2)24-15(3)20(23(28)29-4)19(21(24)25)12-16-6-8-17(9-7-16)22(26)27/h5-12H,1-4H3,(H,26,27)/b19-12-. The predicted octanol–water partition coefficient (Wildman–Crippen LogP) is 3.88. The van der Waals surface area contributed by atoms with Gasteiger partial charge in [0.2, 0.25) is 0 Å². The number of amides is 1. The van der Waals surface area contributed by atoms with Crippen molar-refractivity contribution in [3.8, 4) is 0 Å². The van der Waals surface area contributed by atoms with Crippen molar-refractivity contribution < 1.29 is 24.2 Å². The summed E-state index contributed by atoms with van der Waals surface area (Å²) in [7, 11) is 1.27. The van der Waals surface area contributed by atoms with Crippen molar-refractivity contribution in [1.29, 1.82) is 0 Å². The summed E-state index contributed by atoms with van der Waals surface area (Å²) in [5, 5.41) is 9.04. The number of carbonyl (C=O) groups is 3. The molecule has 148 valence electrons. The molecule has 0 saturated heterocycles. The first-order valence-corrected chi connectivity index (χ1v) is 9.01. The van der Waals surface area contributed by atoms with Crippen LogP contribution in [0.15, 0.2) is 59.3 Å². The second-order valence-corrected chi connectivity index (χ2v) is 6.85. The van der Waals surface area contributed by atoms with E-state index < -0.39 is 11.9 Å². The molecule has 6 nitrogen and oxygen atoms in total. The van der Waals surface area contributed by atoms with Gasteiger partial charge in [-0.15, -0.1) is 0 Å². The van der Waals surface area contributed by atoms with E-state index in [4.69, 9.17) is 9.84 Å². The second kappa shape index (κ2) is 7.75. The molecule has 2 aromatic rings. The summed E-state index contributed by atoms with van der Waals surface area (Å²) in [6, 6.07) is 11.7. The van der Waals surface area contributed by atoms with Crippen LogP contribution in [-0.4, -0.2) is 30.1 Å². The van der Waals surface area contributed by atoms with Crippen molar-refractivity contribution in [2.45, 2.75) is 20.8 Å². The highest BCUT2D eigenvalue weighted by molar-refractivity contribution is 6.23. The van der Waals surface area contributed by atoms with Crippen molar-refractivity contribution in [2.24, 2.45) is 0 Å². The van der Waals surface area contributed by atoms with Gasteiger partial charge in [-0.05, 0) is 67.8 Å². The van der Waals surface area contributed by atoms with Crippen LogP contribution in [0.4, 0.5) is 5.69 Å². The Labute approximate surface area is 168 Å². The molecular formula is C23H21NO5. The van der Waals surface area contributed by atoms with Crippen LogP contribution >= 0.6 is 0 Å². The Hall–Kier alpha value is -3.67. The first-order valence-electron chi connectivity index (χ1n) is 9.01. The molecule has 1 aliphatic heterocycles. The average molecular weight is 391 g/mol. The van der Waals surface area contributed by atoms with Gasteiger partial charge in [-0.2, -0.15) is 0 Å². The molecule has 0 aliphatic carbocycles. The van der Waals surface area contributed by atoms with Crippen LogP contribution < -0.4 is 4.90 Å². The van der Waals surface area contributed by atoms with Gasteiger partial charge >= 0.3 is 11.9 Å². The number of methoxy groups -OCH3 is 1. The summed E-state index contributed by atoms with van der Waals surface area (Å²) in [5.41, 5.74) is 4.43. The zero-order valence-corrected chi connectivity index (χ0v) is 16.6. The Balaban J connectivity index is 2.11. The number of carbonyl (C=O) groups excluding carboxylic acids is 2. The number of hydrogen-bond donors (Lipinski definition) is 1. The number of allylic oxidation sites excluding steroid dienone is 1. The van der Waals surface area contributed by atoms with Gasteiger partial charge in [-0.25, -0.2) is 9.59 Å². The molecule has 6 heteroatoms. The number of carboxylic acid groups (broad SMARTS) is 1. The van der Waals surface area contributed by atoms with Crippen molar-refractivity contribution in [3.63, 3.8) is 0 Å². The van der Waals surface area contributed by atoms with Crippen molar-refractivity contribution in [1.82, 2.24) is 0 Å². The lowest BCUT2D eigenvalue weighted by molar-refractivity contribution is -0.136. The predicted molar refractivity (Wildman–Crippen MR) is 109 cm³/mol. The molecule has 0 atom stereocenters. The third kappa shape index (κ3) is 3.69. The number of carboxylic acids is 1. The van der Waals surface area contributed by atoms with Gasteiger partial charge in [0, 0.05) is 11.4 Å². The highest BCUT2D eigenvalue weighted by Gasteiger charge is 2.37. The zero-order chi connectivity index (χ0) is 21.3. The molecule has 0 fully saturated rings. The van der Waals surface area contributed by atoms with Crippen LogP contribution in [0.25, 0.3) is 6.08 Å². The Morgan fingerprint density at radius 2 is 1.66 bits per heavy atom. The first kappa shape index (κ1) is 20.1. The van der Waals surface area contributed by atoms with E-state index in [1.165, 1.54) is 24.1 Å². The Bertz CT molecular complexity index is 1080. The monoisotopic (exact) mass is 391 g/mol. The third-order valence-electron chi connectivity index (χ3n) is 5.01. The quantitative estimate of drug-likeness (QED) is 0.632. The molecular weight excluding hydrogens is 370 g/mol. The lowest BCUT2D eigenvalue weighted by Gasteiger charge is -2.19. The highest BCUT2D eigenvalue weighted by Crippen LogP contribution is 2.36. The minimum Gasteiger partial charge on any atom is -0.478 e. The second-order valence-electron chi connectivity index (χ2n) is 6.85. The van der Waals surface area contributed by atoms with Crippen LogP contribution in [-0.2, 0) is 14.3 Å². The summed E-state index contributed by atoms with van der Waals surface area (Å²) in [6.45, 7) is 5.65. The fraction of sp³-hybridized carbons (Fsp3) is 0.174. The van der Waals surface area contributed by atoms with Crippen molar-refractivity contribution in [2.75, 3.05) is 12.0 Å². The van der Waals surface area contributed by atoms with Gasteiger partial charge in [0.1, 0.15) is 0 Å². The minimum absolute atomic E-state index is 0.140. The summed E-state index contributed by atoms with van der Waals surface area (Å²) in [5.74, 6) is -1.97. The number of anilines is 1. The fourth-order valence-corrected chi connectivity index (χ4v) is 3.24. The minimum atomic E-state index is -1.03. The maximum atomic E-state index is 13.2. The van der Waals surface area contributed by atoms with Crippen LogP contribution in [0.5, 0.6) is 0 Å². The van der Waals surface area contributed by atoms with Gasteiger partial charge in [0.15, 0.2) is 0 Å². The van der Waals surface area contributed by atoms with E-state index in [-0.39, 0.29) is 22.6 Å².